The van der Waals surface area contributed by atoms with Crippen LogP contribution in [-0.2, 0) is 6.42 Å². The van der Waals surface area contributed by atoms with Crippen molar-refractivity contribution in [2.75, 3.05) is 0 Å². The van der Waals surface area contributed by atoms with Gasteiger partial charge >= 0.3 is 0 Å². The molecule has 0 bridgehead atoms. The van der Waals surface area contributed by atoms with E-state index in [4.69, 9.17) is 0 Å². The topological polar surface area (TPSA) is 41.6 Å². The number of nitrogens with one attached hydrogen (secondary N) is 1. The molecule has 0 radical (unpaired) electrons. The number of H-pyrrole nitrogens is 1. The van der Waals surface area contributed by atoms with E-state index in [0.717, 1.165) is 17.6 Å². The summed E-state index contributed by atoms with van der Waals surface area (Å²) in [6.07, 6.45) is 4.55. The number of hydrogen-bond acceptors (Lipinski definition) is 2. The molecular weight excluding hydrogens is 138 g/mol. The van der Waals surface area contributed by atoms with Crippen LogP contribution in [0.25, 0.3) is 11.2 Å². The van der Waals surface area contributed by atoms with Crippen LogP contribution < -0.4 is 0 Å². The Hall–Kier alpha value is -1.38. The highest BCUT2D eigenvalue weighted by Crippen LogP contribution is 2.07. The zero-order valence-electron chi connectivity index (χ0n) is 6.33. The van der Waals surface area contributed by atoms with Crippen LogP contribution in [0.1, 0.15) is 12.5 Å². The summed E-state index contributed by atoms with van der Waals surface area (Å²) in [5, 5.41) is 0. The van der Waals surface area contributed by atoms with E-state index >= 15 is 0 Å². The van der Waals surface area contributed by atoms with Crippen LogP contribution in [-0.4, -0.2) is 15.0 Å². The molecule has 11 heavy (non-hydrogen) atoms. The molecule has 0 saturated heterocycles. The molecule has 0 fully saturated rings. The molecule has 0 spiro atoms. The third-order valence-electron chi connectivity index (χ3n) is 1.74. The van der Waals surface area contributed by atoms with E-state index < -0.39 is 0 Å². The number of aromatic amines is 1. The smallest absolute Gasteiger partial charge is 0.157 e. The fraction of sp³-hybridized carbons (Fsp3) is 0.250. The highest BCUT2D eigenvalue weighted by atomic mass is 14.9. The molecule has 56 valence electrons. The SMILES string of the molecule is CCc1cnc2[nH]cnc2c1. The zero-order valence-corrected chi connectivity index (χ0v) is 6.33. The molecule has 0 aliphatic carbocycles. The van der Waals surface area contributed by atoms with Gasteiger partial charge in [-0.3, -0.25) is 0 Å². The Labute approximate surface area is 64.5 Å². The number of rotatable bonds is 1. The summed E-state index contributed by atoms with van der Waals surface area (Å²) in [4.78, 5) is 11.3. The van der Waals surface area contributed by atoms with Gasteiger partial charge in [0.1, 0.15) is 5.52 Å². The van der Waals surface area contributed by atoms with Crippen molar-refractivity contribution in [2.24, 2.45) is 0 Å². The van der Waals surface area contributed by atoms with Gasteiger partial charge in [-0.15, -0.1) is 0 Å². The first kappa shape index (κ1) is 6.34. The van der Waals surface area contributed by atoms with Crippen LogP contribution in [0, 0.1) is 0 Å². The lowest BCUT2D eigenvalue weighted by atomic mass is 10.2. The quantitative estimate of drug-likeness (QED) is 0.664. The maximum Gasteiger partial charge on any atom is 0.157 e. The predicted molar refractivity (Wildman–Crippen MR) is 43.3 cm³/mol. The predicted octanol–water partition coefficient (Wildman–Crippen LogP) is 1.52. The fourth-order valence-electron chi connectivity index (χ4n) is 1.06. The first-order valence-electron chi connectivity index (χ1n) is 3.68. The van der Waals surface area contributed by atoms with Crippen LogP contribution in [0.5, 0.6) is 0 Å². The minimum Gasteiger partial charge on any atom is -0.329 e. The highest BCUT2D eigenvalue weighted by molar-refractivity contribution is 5.69. The normalized spacial score (nSPS) is 10.6. The van der Waals surface area contributed by atoms with E-state index in [-0.39, 0.29) is 0 Å². The Morgan fingerprint density at radius 2 is 2.36 bits per heavy atom. The summed E-state index contributed by atoms with van der Waals surface area (Å²) < 4.78 is 0. The average molecular weight is 147 g/mol. The first-order chi connectivity index (χ1) is 5.40. The molecule has 0 aliphatic rings. The number of pyridine rings is 1. The second-order valence-electron chi connectivity index (χ2n) is 2.47. The molecule has 2 heterocycles. The van der Waals surface area contributed by atoms with Crippen molar-refractivity contribution in [3.63, 3.8) is 0 Å². The second-order valence-corrected chi connectivity index (χ2v) is 2.47. The summed E-state index contributed by atoms with van der Waals surface area (Å²) in [5.74, 6) is 0. The van der Waals surface area contributed by atoms with Gasteiger partial charge in [0.25, 0.3) is 0 Å². The number of fused-ring (bicyclic) bond motifs is 1. The average Bonchev–Trinajstić information content (AvgIpc) is 2.50. The molecule has 0 saturated carbocycles. The molecule has 3 heteroatoms. The lowest BCUT2D eigenvalue weighted by Crippen LogP contribution is -1.82. The van der Waals surface area contributed by atoms with Crippen molar-refractivity contribution in [1.29, 1.82) is 0 Å². The van der Waals surface area contributed by atoms with Crippen molar-refractivity contribution < 1.29 is 0 Å². The molecule has 1 N–H and O–H groups in total. The summed E-state index contributed by atoms with van der Waals surface area (Å²) in [7, 11) is 0. The summed E-state index contributed by atoms with van der Waals surface area (Å²) in [5.41, 5.74) is 3.04. The van der Waals surface area contributed by atoms with Gasteiger partial charge in [-0.05, 0) is 18.1 Å². The largest absolute Gasteiger partial charge is 0.329 e. The number of nitrogens with zero attached hydrogens (tertiary/aromatic N) is 2. The van der Waals surface area contributed by atoms with Gasteiger partial charge in [-0.1, -0.05) is 6.92 Å². The molecule has 0 atom stereocenters. The van der Waals surface area contributed by atoms with Gasteiger partial charge in [-0.2, -0.15) is 0 Å². The molecule has 2 aromatic rings. The van der Waals surface area contributed by atoms with E-state index in [2.05, 4.69) is 27.9 Å². The van der Waals surface area contributed by atoms with Gasteiger partial charge in [0.2, 0.25) is 0 Å². The van der Waals surface area contributed by atoms with Gasteiger partial charge in [0.05, 0.1) is 6.33 Å². The van der Waals surface area contributed by atoms with Crippen molar-refractivity contribution in [3.8, 4) is 0 Å². The summed E-state index contributed by atoms with van der Waals surface area (Å²) in [6.45, 7) is 2.11. The van der Waals surface area contributed by atoms with Crippen LogP contribution in [0.2, 0.25) is 0 Å². The molecule has 0 unspecified atom stereocenters. The van der Waals surface area contributed by atoms with E-state index in [1.54, 1.807) is 6.33 Å². The van der Waals surface area contributed by atoms with Crippen molar-refractivity contribution in [3.05, 3.63) is 24.2 Å². The maximum absolute atomic E-state index is 4.19. The standard InChI is InChI=1S/C8H9N3/c1-2-6-3-7-8(9-4-6)11-5-10-7/h3-5H,2H2,1H3,(H,9,10,11). The van der Waals surface area contributed by atoms with Gasteiger partial charge in [-0.25, -0.2) is 9.97 Å². The molecule has 3 nitrogen and oxygen atoms in total. The lowest BCUT2D eigenvalue weighted by Gasteiger charge is -1.92. The van der Waals surface area contributed by atoms with Crippen molar-refractivity contribution >= 4 is 11.2 Å². The highest BCUT2D eigenvalue weighted by Gasteiger charge is 1.96. The van der Waals surface area contributed by atoms with E-state index in [9.17, 15) is 0 Å². The first-order valence-corrected chi connectivity index (χ1v) is 3.68. The Kier molecular flexibility index (Phi) is 1.35. The number of imidazole rings is 1. The van der Waals surface area contributed by atoms with Crippen LogP contribution in [0.4, 0.5) is 0 Å². The van der Waals surface area contributed by atoms with E-state index in [1.807, 2.05) is 6.20 Å². The maximum atomic E-state index is 4.19. The van der Waals surface area contributed by atoms with Crippen LogP contribution >= 0.6 is 0 Å². The Morgan fingerprint density at radius 1 is 1.45 bits per heavy atom. The second kappa shape index (κ2) is 2.34. The van der Waals surface area contributed by atoms with Crippen LogP contribution in [0.15, 0.2) is 18.6 Å². The van der Waals surface area contributed by atoms with Crippen LogP contribution in [0.3, 0.4) is 0 Å². The summed E-state index contributed by atoms with van der Waals surface area (Å²) in [6, 6.07) is 2.05. The number of hydrogen-bond donors (Lipinski definition) is 1. The zero-order chi connectivity index (χ0) is 7.68. The van der Waals surface area contributed by atoms with Gasteiger partial charge < -0.3 is 4.98 Å². The molecule has 0 aromatic carbocycles. The molecule has 2 rings (SSSR count). The summed E-state index contributed by atoms with van der Waals surface area (Å²) >= 11 is 0. The Morgan fingerprint density at radius 3 is 3.18 bits per heavy atom. The fourth-order valence-corrected chi connectivity index (χ4v) is 1.06. The molecule has 0 amide bonds. The number of aryl methyl sites for hydroxylation is 1. The number of aromatic nitrogens is 3. The molecule has 2 aromatic heterocycles. The van der Waals surface area contributed by atoms with E-state index in [1.165, 1.54) is 5.56 Å². The molecular formula is C8H9N3. The van der Waals surface area contributed by atoms with Gasteiger partial charge in [0, 0.05) is 6.20 Å². The lowest BCUT2D eigenvalue weighted by molar-refractivity contribution is 1.12. The van der Waals surface area contributed by atoms with Crippen molar-refractivity contribution in [2.45, 2.75) is 13.3 Å². The third kappa shape index (κ3) is 0.981. The van der Waals surface area contributed by atoms with Gasteiger partial charge in [0.15, 0.2) is 5.65 Å². The minimum atomic E-state index is 0.863. The monoisotopic (exact) mass is 147 g/mol. The molecule has 0 aliphatic heterocycles. The minimum absolute atomic E-state index is 0.863. The third-order valence-corrected chi connectivity index (χ3v) is 1.74. The van der Waals surface area contributed by atoms with E-state index in [0.29, 0.717) is 0 Å². The Balaban J connectivity index is 2.67. The Bertz CT molecular complexity index is 364. The van der Waals surface area contributed by atoms with Crippen molar-refractivity contribution in [1.82, 2.24) is 15.0 Å².